The van der Waals surface area contributed by atoms with E-state index in [4.69, 9.17) is 4.42 Å². The zero-order valence-corrected chi connectivity index (χ0v) is 8.16. The molecule has 0 aliphatic rings. The zero-order chi connectivity index (χ0) is 9.80. The minimum atomic E-state index is -0.0350. The van der Waals surface area contributed by atoms with Crippen molar-refractivity contribution in [3.8, 4) is 0 Å². The Morgan fingerprint density at radius 1 is 1.43 bits per heavy atom. The van der Waals surface area contributed by atoms with E-state index in [9.17, 15) is 4.79 Å². The molecule has 0 bridgehead atoms. The lowest BCUT2D eigenvalue weighted by Crippen LogP contribution is -1.89. The summed E-state index contributed by atoms with van der Waals surface area (Å²) in [5.74, 6) is -0.0350. The maximum Gasteiger partial charge on any atom is 0.189 e. The van der Waals surface area contributed by atoms with E-state index in [2.05, 4.69) is 0 Å². The fraction of sp³-hybridized carbons (Fsp3) is 0. The Morgan fingerprint density at radius 3 is 3.00 bits per heavy atom. The van der Waals surface area contributed by atoms with Crippen LogP contribution in [-0.4, -0.2) is 5.78 Å². The number of hydrogen-bond acceptors (Lipinski definition) is 3. The second kappa shape index (κ2) is 4.07. The fourth-order valence-electron chi connectivity index (χ4n) is 1.04. The summed E-state index contributed by atoms with van der Waals surface area (Å²) >= 11 is 1.60. The number of carbonyl (C=O) groups is 1. The molecule has 0 fully saturated rings. The number of ketones is 1. The third-order valence-corrected chi connectivity index (χ3v) is 2.59. The van der Waals surface area contributed by atoms with E-state index in [0.717, 1.165) is 4.88 Å². The van der Waals surface area contributed by atoms with Gasteiger partial charge in [-0.15, -0.1) is 11.3 Å². The third-order valence-electron chi connectivity index (χ3n) is 1.75. The van der Waals surface area contributed by atoms with Gasteiger partial charge in [-0.25, -0.2) is 0 Å². The lowest BCUT2D eigenvalue weighted by Gasteiger charge is -1.86. The third kappa shape index (κ3) is 2.00. The van der Waals surface area contributed by atoms with Gasteiger partial charge in [-0.1, -0.05) is 6.07 Å². The molecule has 0 atom stereocenters. The van der Waals surface area contributed by atoms with Crippen molar-refractivity contribution in [1.29, 1.82) is 0 Å². The van der Waals surface area contributed by atoms with Gasteiger partial charge in [-0.3, -0.25) is 4.79 Å². The van der Waals surface area contributed by atoms with E-state index in [1.165, 1.54) is 12.5 Å². The van der Waals surface area contributed by atoms with Crippen LogP contribution in [0.5, 0.6) is 0 Å². The molecule has 2 nitrogen and oxygen atoms in total. The molecule has 70 valence electrons. The Morgan fingerprint density at radius 2 is 2.36 bits per heavy atom. The van der Waals surface area contributed by atoms with Gasteiger partial charge < -0.3 is 4.42 Å². The molecule has 14 heavy (non-hydrogen) atoms. The summed E-state index contributed by atoms with van der Waals surface area (Å²) in [4.78, 5) is 12.5. The first-order chi connectivity index (χ1) is 6.86. The van der Waals surface area contributed by atoms with Gasteiger partial charge in [-0.2, -0.15) is 0 Å². The van der Waals surface area contributed by atoms with Crippen molar-refractivity contribution in [2.45, 2.75) is 0 Å². The van der Waals surface area contributed by atoms with Gasteiger partial charge in [0.05, 0.1) is 11.8 Å². The number of allylic oxidation sites excluding steroid dienone is 1. The van der Waals surface area contributed by atoms with Crippen molar-refractivity contribution < 1.29 is 9.21 Å². The summed E-state index contributed by atoms with van der Waals surface area (Å²) in [5.41, 5.74) is 0.581. The Bertz CT molecular complexity index is 424. The van der Waals surface area contributed by atoms with Crippen LogP contribution in [0.25, 0.3) is 6.08 Å². The summed E-state index contributed by atoms with van der Waals surface area (Å²) in [6.07, 6.45) is 6.30. The molecule has 2 aromatic rings. The van der Waals surface area contributed by atoms with E-state index in [1.54, 1.807) is 29.6 Å². The Balaban J connectivity index is 2.09. The largest absolute Gasteiger partial charge is 0.472 e. The van der Waals surface area contributed by atoms with E-state index >= 15 is 0 Å². The van der Waals surface area contributed by atoms with Crippen LogP contribution in [0, 0.1) is 0 Å². The minimum Gasteiger partial charge on any atom is -0.472 e. The van der Waals surface area contributed by atoms with Crippen molar-refractivity contribution in [2.75, 3.05) is 0 Å². The normalized spacial score (nSPS) is 10.9. The summed E-state index contributed by atoms with van der Waals surface area (Å²) in [6.45, 7) is 0. The van der Waals surface area contributed by atoms with E-state index in [1.807, 2.05) is 17.5 Å². The van der Waals surface area contributed by atoms with Crippen LogP contribution < -0.4 is 0 Å². The van der Waals surface area contributed by atoms with E-state index in [0.29, 0.717) is 5.56 Å². The number of rotatable bonds is 3. The summed E-state index contributed by atoms with van der Waals surface area (Å²) < 4.78 is 4.82. The first-order valence-electron chi connectivity index (χ1n) is 4.14. The van der Waals surface area contributed by atoms with Gasteiger partial charge in [0.2, 0.25) is 0 Å². The molecule has 0 saturated carbocycles. The van der Waals surface area contributed by atoms with Gasteiger partial charge in [0.25, 0.3) is 0 Å². The number of thiophene rings is 1. The van der Waals surface area contributed by atoms with Crippen LogP contribution in [-0.2, 0) is 0 Å². The van der Waals surface area contributed by atoms with Crippen LogP contribution in [0.3, 0.4) is 0 Å². The van der Waals surface area contributed by atoms with Crippen LogP contribution in [0.4, 0.5) is 0 Å². The number of carbonyl (C=O) groups excluding carboxylic acids is 1. The molecular formula is C11H8O2S. The molecule has 0 amide bonds. The smallest absolute Gasteiger partial charge is 0.189 e. The lowest BCUT2D eigenvalue weighted by atomic mass is 10.2. The van der Waals surface area contributed by atoms with Crippen molar-refractivity contribution in [2.24, 2.45) is 0 Å². The van der Waals surface area contributed by atoms with Crippen molar-refractivity contribution in [3.05, 3.63) is 52.6 Å². The molecule has 0 aliphatic carbocycles. The Kier molecular flexibility index (Phi) is 2.60. The molecule has 0 spiro atoms. The average Bonchev–Trinajstić information content (AvgIpc) is 2.87. The molecule has 0 unspecified atom stereocenters. The van der Waals surface area contributed by atoms with Crippen molar-refractivity contribution in [3.63, 3.8) is 0 Å². The van der Waals surface area contributed by atoms with Gasteiger partial charge in [0, 0.05) is 4.88 Å². The molecule has 0 N–H and O–H groups in total. The predicted octanol–water partition coefficient (Wildman–Crippen LogP) is 3.24. The number of furan rings is 1. The SMILES string of the molecule is O=C(/C=C/c1cccs1)c1ccoc1. The van der Waals surface area contributed by atoms with Crippen molar-refractivity contribution >= 4 is 23.2 Å². The second-order valence-corrected chi connectivity index (χ2v) is 3.70. The maximum absolute atomic E-state index is 11.5. The minimum absolute atomic E-state index is 0.0350. The summed E-state index contributed by atoms with van der Waals surface area (Å²) in [6, 6.07) is 5.57. The first kappa shape index (κ1) is 8.97. The predicted molar refractivity (Wildman–Crippen MR) is 56.4 cm³/mol. The lowest BCUT2D eigenvalue weighted by molar-refractivity contribution is 0.104. The maximum atomic E-state index is 11.5. The van der Waals surface area contributed by atoms with Crippen LogP contribution in [0.1, 0.15) is 15.2 Å². The van der Waals surface area contributed by atoms with Crippen LogP contribution >= 0.6 is 11.3 Å². The van der Waals surface area contributed by atoms with Gasteiger partial charge in [0.15, 0.2) is 5.78 Å². The van der Waals surface area contributed by atoms with E-state index in [-0.39, 0.29) is 5.78 Å². The molecule has 2 aromatic heterocycles. The highest BCUT2D eigenvalue weighted by Crippen LogP contribution is 2.11. The molecule has 0 radical (unpaired) electrons. The van der Waals surface area contributed by atoms with Gasteiger partial charge in [0.1, 0.15) is 6.26 Å². The topological polar surface area (TPSA) is 30.2 Å². The molecule has 2 rings (SSSR count). The monoisotopic (exact) mass is 204 g/mol. The zero-order valence-electron chi connectivity index (χ0n) is 7.34. The van der Waals surface area contributed by atoms with Crippen molar-refractivity contribution in [1.82, 2.24) is 0 Å². The van der Waals surface area contributed by atoms with Gasteiger partial charge in [-0.05, 0) is 29.7 Å². The molecule has 2 heterocycles. The molecule has 0 saturated heterocycles. The highest BCUT2D eigenvalue weighted by Gasteiger charge is 2.01. The molecule has 3 heteroatoms. The summed E-state index contributed by atoms with van der Waals surface area (Å²) in [5, 5.41) is 1.97. The molecular weight excluding hydrogens is 196 g/mol. The molecule has 0 aliphatic heterocycles. The highest BCUT2D eigenvalue weighted by atomic mass is 32.1. The summed E-state index contributed by atoms with van der Waals surface area (Å²) in [7, 11) is 0. The quantitative estimate of drug-likeness (QED) is 0.567. The van der Waals surface area contributed by atoms with Gasteiger partial charge >= 0.3 is 0 Å². The fourth-order valence-corrected chi connectivity index (χ4v) is 1.66. The highest BCUT2D eigenvalue weighted by molar-refractivity contribution is 7.10. The van der Waals surface area contributed by atoms with E-state index < -0.39 is 0 Å². The first-order valence-corrected chi connectivity index (χ1v) is 5.02. The van der Waals surface area contributed by atoms with Crippen LogP contribution in [0.2, 0.25) is 0 Å². The van der Waals surface area contributed by atoms with Crippen LogP contribution in [0.15, 0.2) is 46.6 Å². The Labute approximate surface area is 85.5 Å². The second-order valence-electron chi connectivity index (χ2n) is 2.73. The Hall–Kier alpha value is -1.61. The molecule has 0 aromatic carbocycles. The number of hydrogen-bond donors (Lipinski definition) is 0. The standard InChI is InChI=1S/C11H8O2S/c12-11(9-5-6-13-8-9)4-3-10-2-1-7-14-10/h1-8H/b4-3+. The average molecular weight is 204 g/mol.